The molecule has 168 valence electrons. The number of fused-ring (bicyclic) bond motifs is 4. The monoisotopic (exact) mass is 446 g/mol. The van der Waals surface area contributed by atoms with Gasteiger partial charge >= 0.3 is 5.66 Å². The Morgan fingerprint density at radius 3 is 1.44 bits per heavy atom. The Morgan fingerprint density at radius 2 is 1.03 bits per heavy atom. The van der Waals surface area contributed by atoms with Crippen molar-refractivity contribution in [3.63, 3.8) is 0 Å². The van der Waals surface area contributed by atoms with Crippen LogP contribution >= 0.6 is 0 Å². The molecule has 0 aliphatic carbocycles. The van der Waals surface area contributed by atoms with E-state index in [9.17, 15) is 0 Å². The number of nitrogens with zero attached hydrogens (tertiary/aromatic N) is 2. The number of hydrogen-bond acceptors (Lipinski definition) is 1. The van der Waals surface area contributed by atoms with Crippen molar-refractivity contribution in [1.29, 1.82) is 0 Å². The second-order valence-electron chi connectivity index (χ2n) is 11.9. The fourth-order valence-corrected chi connectivity index (χ4v) is 6.51. The van der Waals surface area contributed by atoms with Crippen LogP contribution in [0.4, 0.5) is 0 Å². The molecule has 0 amide bonds. The minimum atomic E-state index is -0.497. The lowest BCUT2D eigenvalue weighted by atomic mass is 9.76. The van der Waals surface area contributed by atoms with Gasteiger partial charge in [-0.2, -0.15) is 0 Å². The molecule has 0 fully saturated rings. The summed E-state index contributed by atoms with van der Waals surface area (Å²) in [7, 11) is 0. The fourth-order valence-electron chi connectivity index (χ4n) is 6.51. The van der Waals surface area contributed by atoms with Crippen molar-refractivity contribution in [1.82, 2.24) is 0 Å². The minimum Gasteiger partial charge on any atom is -0.456 e. The number of aromatic nitrogens is 2. The molecule has 0 N–H and O–H groups in total. The molecule has 0 bridgehead atoms. The summed E-state index contributed by atoms with van der Waals surface area (Å²) in [6.45, 7) is 13.8. The topological polar surface area (TPSA) is 17.0 Å². The van der Waals surface area contributed by atoms with Crippen LogP contribution in [0.2, 0.25) is 0 Å². The third kappa shape index (κ3) is 2.14. The maximum absolute atomic E-state index is 6.73. The smallest absolute Gasteiger partial charge is 0.424 e. The summed E-state index contributed by atoms with van der Waals surface area (Å²) < 4.78 is 11.7. The van der Waals surface area contributed by atoms with Gasteiger partial charge in [-0.3, -0.25) is 0 Å². The van der Waals surface area contributed by atoms with Crippen molar-refractivity contribution >= 4 is 0 Å². The highest BCUT2D eigenvalue weighted by Gasteiger charge is 2.71. The summed E-state index contributed by atoms with van der Waals surface area (Å²) in [5.41, 5.74) is 9.87. The number of pyridine rings is 2. The third-order valence-corrected chi connectivity index (χ3v) is 7.80. The molecule has 3 nitrogen and oxygen atoms in total. The molecule has 1 spiro atoms. The Hall–Kier alpha value is -3.46. The van der Waals surface area contributed by atoms with E-state index in [1.54, 1.807) is 0 Å². The van der Waals surface area contributed by atoms with Crippen molar-refractivity contribution in [2.24, 2.45) is 0 Å². The molecule has 0 atom stereocenters. The molecule has 3 aliphatic rings. The van der Waals surface area contributed by atoms with E-state index < -0.39 is 5.66 Å². The quantitative estimate of drug-likeness (QED) is 0.253. The Labute approximate surface area is 201 Å². The lowest BCUT2D eigenvalue weighted by molar-refractivity contribution is -0.955. The maximum atomic E-state index is 6.73. The first-order valence-electron chi connectivity index (χ1n) is 12.2. The summed E-state index contributed by atoms with van der Waals surface area (Å²) in [4.78, 5) is 0. The highest BCUT2D eigenvalue weighted by Crippen LogP contribution is 2.59. The van der Waals surface area contributed by atoms with Gasteiger partial charge in [-0.05, 0) is 46.2 Å². The van der Waals surface area contributed by atoms with Gasteiger partial charge in [-0.25, -0.2) is 0 Å². The average molecular weight is 447 g/mol. The van der Waals surface area contributed by atoms with Crippen LogP contribution in [0, 0.1) is 0 Å². The zero-order valence-electron chi connectivity index (χ0n) is 20.7. The molecule has 0 radical (unpaired) electrons. The van der Waals surface area contributed by atoms with Crippen molar-refractivity contribution < 1.29 is 13.9 Å². The van der Waals surface area contributed by atoms with E-state index >= 15 is 0 Å². The number of benzene rings is 2. The van der Waals surface area contributed by atoms with Gasteiger partial charge in [0.2, 0.25) is 11.4 Å². The Bertz CT molecular complexity index is 1430. The molecular formula is C31H30N2O+2. The molecule has 2 aromatic heterocycles. The molecule has 0 saturated carbocycles. The van der Waals surface area contributed by atoms with Crippen molar-refractivity contribution in [3.8, 4) is 34.0 Å². The molecule has 0 unspecified atom stereocenters. The molecule has 3 heteroatoms. The van der Waals surface area contributed by atoms with E-state index in [4.69, 9.17) is 4.74 Å². The lowest BCUT2D eigenvalue weighted by Crippen LogP contribution is -2.71. The van der Waals surface area contributed by atoms with Crippen LogP contribution in [0.5, 0.6) is 11.5 Å². The van der Waals surface area contributed by atoms with E-state index in [1.807, 2.05) is 0 Å². The van der Waals surface area contributed by atoms with E-state index in [1.165, 1.54) is 44.8 Å². The zero-order valence-corrected chi connectivity index (χ0v) is 20.7. The van der Waals surface area contributed by atoms with Gasteiger partial charge in [0.25, 0.3) is 0 Å². The first kappa shape index (κ1) is 20.0. The largest absolute Gasteiger partial charge is 0.456 e. The Morgan fingerprint density at radius 1 is 0.588 bits per heavy atom. The zero-order chi connectivity index (χ0) is 23.6. The molecule has 34 heavy (non-hydrogen) atoms. The summed E-state index contributed by atoms with van der Waals surface area (Å²) in [5.74, 6) is 1.91. The summed E-state index contributed by atoms with van der Waals surface area (Å²) in [6.07, 6.45) is 4.51. The van der Waals surface area contributed by atoms with Crippen LogP contribution in [0.3, 0.4) is 0 Å². The van der Waals surface area contributed by atoms with Crippen LogP contribution in [0.1, 0.15) is 63.8 Å². The van der Waals surface area contributed by atoms with Crippen LogP contribution in [0.15, 0.2) is 73.1 Å². The molecular weight excluding hydrogens is 416 g/mol. The van der Waals surface area contributed by atoms with E-state index in [0.29, 0.717) is 0 Å². The number of ether oxygens (including phenoxy) is 1. The second-order valence-corrected chi connectivity index (χ2v) is 11.9. The van der Waals surface area contributed by atoms with E-state index in [2.05, 4.69) is 124 Å². The van der Waals surface area contributed by atoms with E-state index in [-0.39, 0.29) is 10.8 Å². The number of rotatable bonds is 0. The van der Waals surface area contributed by atoms with Crippen LogP contribution in [-0.2, 0) is 16.5 Å². The van der Waals surface area contributed by atoms with Gasteiger partial charge in [0.1, 0.15) is 11.5 Å². The van der Waals surface area contributed by atoms with Gasteiger partial charge in [0.15, 0.2) is 23.5 Å². The molecule has 2 aromatic carbocycles. The molecule has 3 aliphatic heterocycles. The minimum absolute atomic E-state index is 0.00270. The molecule has 7 rings (SSSR count). The highest BCUT2D eigenvalue weighted by atomic mass is 16.5. The fraction of sp³-hybridized carbons (Fsp3) is 0.290. The van der Waals surface area contributed by atoms with Crippen molar-refractivity contribution in [2.75, 3.05) is 0 Å². The average Bonchev–Trinajstić information content (AvgIpc) is 3.27. The van der Waals surface area contributed by atoms with Gasteiger partial charge in [0.05, 0.1) is 11.1 Å². The van der Waals surface area contributed by atoms with Gasteiger partial charge in [-0.15, -0.1) is 9.13 Å². The normalized spacial score (nSPS) is 15.8. The second kappa shape index (κ2) is 5.96. The SMILES string of the molecule is CC(C)(C)c1ccc2c3c1-c1cccc[n+]1C31c3c(ccc(C(C)(C)C)c3-c3cccc[n+]31)O2. The summed E-state index contributed by atoms with van der Waals surface area (Å²) in [5, 5.41) is 0. The first-order valence-corrected chi connectivity index (χ1v) is 12.2. The Balaban J connectivity index is 1.76. The van der Waals surface area contributed by atoms with E-state index in [0.717, 1.165) is 11.5 Å². The van der Waals surface area contributed by atoms with Crippen LogP contribution < -0.4 is 13.9 Å². The van der Waals surface area contributed by atoms with Crippen molar-refractivity contribution in [2.45, 2.75) is 58.0 Å². The lowest BCUT2D eigenvalue weighted by Gasteiger charge is -2.29. The van der Waals surface area contributed by atoms with Crippen LogP contribution in [-0.4, -0.2) is 0 Å². The third-order valence-electron chi connectivity index (χ3n) is 7.80. The predicted octanol–water partition coefficient (Wildman–Crippen LogP) is 6.22. The first-order chi connectivity index (χ1) is 16.1. The maximum Gasteiger partial charge on any atom is 0.424 e. The molecule has 0 saturated heterocycles. The predicted molar refractivity (Wildman–Crippen MR) is 133 cm³/mol. The summed E-state index contributed by atoms with van der Waals surface area (Å²) >= 11 is 0. The molecule has 4 aromatic rings. The summed E-state index contributed by atoms with van der Waals surface area (Å²) in [6, 6.07) is 22.1. The van der Waals surface area contributed by atoms with Gasteiger partial charge in [0, 0.05) is 24.3 Å². The standard InChI is InChI=1S/C31H30N2O/c1-29(2,3)19-13-15-23-27-25(19)21-11-7-9-17-32(21)31(27)28-24(34-23)16-14-20(30(4,5)6)26(28)22-12-8-10-18-33(22)31/h7-18H,1-6H3/q+2. The van der Waals surface area contributed by atoms with Crippen LogP contribution in [0.25, 0.3) is 22.5 Å². The van der Waals surface area contributed by atoms with Crippen molar-refractivity contribution in [3.05, 3.63) is 95.3 Å². The van der Waals surface area contributed by atoms with Gasteiger partial charge in [-0.1, -0.05) is 53.7 Å². The Kier molecular flexibility index (Phi) is 3.50. The number of hydrogen-bond donors (Lipinski definition) is 0. The van der Waals surface area contributed by atoms with Gasteiger partial charge < -0.3 is 4.74 Å². The molecule has 5 heterocycles. The highest BCUT2D eigenvalue weighted by molar-refractivity contribution is 5.83.